The SMILES string of the molecule is CCC1NCCc2c(F)ccc(C)c21. The summed E-state index contributed by atoms with van der Waals surface area (Å²) >= 11 is 0. The van der Waals surface area contributed by atoms with E-state index in [1.54, 1.807) is 6.07 Å². The van der Waals surface area contributed by atoms with Gasteiger partial charge in [0, 0.05) is 6.04 Å². The zero-order valence-electron chi connectivity index (χ0n) is 8.73. The number of halogens is 1. The average molecular weight is 193 g/mol. The van der Waals surface area contributed by atoms with Crippen LogP contribution in [-0.4, -0.2) is 6.54 Å². The summed E-state index contributed by atoms with van der Waals surface area (Å²) in [5, 5.41) is 3.43. The lowest BCUT2D eigenvalue weighted by Crippen LogP contribution is -2.30. The first-order valence-electron chi connectivity index (χ1n) is 5.25. The van der Waals surface area contributed by atoms with Crippen LogP contribution in [0.3, 0.4) is 0 Å². The fourth-order valence-corrected chi connectivity index (χ4v) is 2.32. The molecule has 0 spiro atoms. The summed E-state index contributed by atoms with van der Waals surface area (Å²) in [6.45, 7) is 5.09. The molecule has 1 aromatic carbocycles. The highest BCUT2D eigenvalue weighted by molar-refractivity contribution is 5.39. The lowest BCUT2D eigenvalue weighted by Gasteiger charge is -2.28. The van der Waals surface area contributed by atoms with E-state index in [1.165, 1.54) is 11.1 Å². The van der Waals surface area contributed by atoms with Gasteiger partial charge in [-0.15, -0.1) is 0 Å². The van der Waals surface area contributed by atoms with Gasteiger partial charge in [0.05, 0.1) is 0 Å². The molecule has 1 aromatic rings. The van der Waals surface area contributed by atoms with E-state index >= 15 is 0 Å². The largest absolute Gasteiger partial charge is 0.310 e. The lowest BCUT2D eigenvalue weighted by molar-refractivity contribution is 0.473. The third-order valence-corrected chi connectivity index (χ3v) is 3.04. The van der Waals surface area contributed by atoms with Crippen molar-refractivity contribution in [2.45, 2.75) is 32.7 Å². The summed E-state index contributed by atoms with van der Waals surface area (Å²) in [7, 11) is 0. The molecule has 0 aromatic heterocycles. The molecular weight excluding hydrogens is 177 g/mol. The Balaban J connectivity index is 2.55. The van der Waals surface area contributed by atoms with E-state index in [4.69, 9.17) is 0 Å². The van der Waals surface area contributed by atoms with Gasteiger partial charge in [0.1, 0.15) is 5.82 Å². The van der Waals surface area contributed by atoms with Crippen LogP contribution >= 0.6 is 0 Å². The van der Waals surface area contributed by atoms with E-state index in [2.05, 4.69) is 19.2 Å². The molecular formula is C12H16FN. The maximum absolute atomic E-state index is 13.5. The molecule has 0 saturated heterocycles. The Labute approximate surface area is 84.3 Å². The average Bonchev–Trinajstić information content (AvgIpc) is 2.23. The molecule has 1 aliphatic heterocycles. The Bertz CT molecular complexity index is 346. The summed E-state index contributed by atoms with van der Waals surface area (Å²) in [6.07, 6.45) is 1.84. The van der Waals surface area contributed by atoms with Gasteiger partial charge in [-0.1, -0.05) is 13.0 Å². The predicted molar refractivity (Wildman–Crippen MR) is 55.9 cm³/mol. The van der Waals surface area contributed by atoms with Crippen molar-refractivity contribution in [3.05, 3.63) is 34.6 Å². The number of hydrogen-bond donors (Lipinski definition) is 1. The minimum absolute atomic E-state index is 0.0365. The lowest BCUT2D eigenvalue weighted by atomic mass is 9.89. The summed E-state index contributed by atoms with van der Waals surface area (Å²) in [4.78, 5) is 0. The van der Waals surface area contributed by atoms with E-state index in [-0.39, 0.29) is 5.82 Å². The number of rotatable bonds is 1. The number of aryl methyl sites for hydroxylation is 1. The molecule has 0 amide bonds. The van der Waals surface area contributed by atoms with Crippen molar-refractivity contribution in [1.29, 1.82) is 0 Å². The van der Waals surface area contributed by atoms with Crippen molar-refractivity contribution in [1.82, 2.24) is 5.32 Å². The van der Waals surface area contributed by atoms with Crippen LogP contribution in [0.15, 0.2) is 12.1 Å². The van der Waals surface area contributed by atoms with Crippen LogP contribution in [0.2, 0.25) is 0 Å². The van der Waals surface area contributed by atoms with Crippen LogP contribution in [0.1, 0.15) is 36.1 Å². The van der Waals surface area contributed by atoms with Gasteiger partial charge in [-0.2, -0.15) is 0 Å². The quantitative estimate of drug-likeness (QED) is 0.723. The van der Waals surface area contributed by atoms with Crippen molar-refractivity contribution in [2.24, 2.45) is 0 Å². The number of hydrogen-bond acceptors (Lipinski definition) is 1. The van der Waals surface area contributed by atoms with E-state index in [1.807, 2.05) is 6.07 Å². The standard InChI is InChI=1S/C12H16FN/c1-3-11-12-8(2)4-5-10(13)9(12)6-7-14-11/h4-5,11,14H,3,6-7H2,1-2H3. The molecule has 1 heterocycles. The first kappa shape index (κ1) is 9.66. The predicted octanol–water partition coefficient (Wildman–Crippen LogP) is 2.73. The van der Waals surface area contributed by atoms with Crippen molar-refractivity contribution in [3.63, 3.8) is 0 Å². The Morgan fingerprint density at radius 2 is 2.29 bits per heavy atom. The zero-order chi connectivity index (χ0) is 10.1. The van der Waals surface area contributed by atoms with Gasteiger partial charge in [0.2, 0.25) is 0 Å². The molecule has 0 aliphatic carbocycles. The summed E-state index contributed by atoms with van der Waals surface area (Å²) in [6, 6.07) is 3.81. The minimum Gasteiger partial charge on any atom is -0.310 e. The third kappa shape index (κ3) is 1.44. The van der Waals surface area contributed by atoms with Gasteiger partial charge >= 0.3 is 0 Å². The monoisotopic (exact) mass is 193 g/mol. The molecule has 0 fully saturated rings. The Morgan fingerprint density at radius 3 is 3.00 bits per heavy atom. The maximum atomic E-state index is 13.5. The second-order valence-electron chi connectivity index (χ2n) is 3.92. The topological polar surface area (TPSA) is 12.0 Å². The molecule has 2 rings (SSSR count). The fraction of sp³-hybridized carbons (Fsp3) is 0.500. The number of benzene rings is 1. The first-order valence-corrected chi connectivity index (χ1v) is 5.25. The van der Waals surface area contributed by atoms with Gasteiger partial charge in [-0.25, -0.2) is 4.39 Å². The van der Waals surface area contributed by atoms with Crippen molar-refractivity contribution < 1.29 is 4.39 Å². The molecule has 14 heavy (non-hydrogen) atoms. The molecule has 1 aliphatic rings. The van der Waals surface area contributed by atoms with E-state index in [0.29, 0.717) is 6.04 Å². The zero-order valence-corrected chi connectivity index (χ0v) is 8.73. The van der Waals surface area contributed by atoms with Crippen LogP contribution in [0.4, 0.5) is 4.39 Å². The van der Waals surface area contributed by atoms with Crippen LogP contribution in [0.5, 0.6) is 0 Å². The third-order valence-electron chi connectivity index (χ3n) is 3.04. The highest BCUT2D eigenvalue weighted by Crippen LogP contribution is 2.29. The molecule has 0 saturated carbocycles. The van der Waals surface area contributed by atoms with Gasteiger partial charge in [0.15, 0.2) is 0 Å². The molecule has 0 radical (unpaired) electrons. The smallest absolute Gasteiger partial charge is 0.126 e. The first-order chi connectivity index (χ1) is 6.74. The molecule has 1 N–H and O–H groups in total. The summed E-state index contributed by atoms with van der Waals surface area (Å²) < 4.78 is 13.5. The van der Waals surface area contributed by atoms with Gasteiger partial charge in [0.25, 0.3) is 0 Å². The van der Waals surface area contributed by atoms with Crippen molar-refractivity contribution in [3.8, 4) is 0 Å². The van der Waals surface area contributed by atoms with Gasteiger partial charge in [-0.05, 0) is 49.1 Å². The summed E-state index contributed by atoms with van der Waals surface area (Å²) in [5.74, 6) is -0.0365. The molecule has 1 unspecified atom stereocenters. The van der Waals surface area contributed by atoms with E-state index in [9.17, 15) is 4.39 Å². The second kappa shape index (κ2) is 3.70. The number of nitrogens with one attached hydrogen (secondary N) is 1. The molecule has 1 nitrogen and oxygen atoms in total. The highest BCUT2D eigenvalue weighted by Gasteiger charge is 2.22. The van der Waals surface area contributed by atoms with E-state index < -0.39 is 0 Å². The van der Waals surface area contributed by atoms with Gasteiger partial charge < -0.3 is 5.32 Å². The Kier molecular flexibility index (Phi) is 2.55. The molecule has 2 heteroatoms. The van der Waals surface area contributed by atoms with Crippen LogP contribution in [-0.2, 0) is 6.42 Å². The van der Waals surface area contributed by atoms with Crippen LogP contribution < -0.4 is 5.32 Å². The molecule has 76 valence electrons. The molecule has 1 atom stereocenters. The van der Waals surface area contributed by atoms with Crippen LogP contribution in [0, 0.1) is 12.7 Å². The van der Waals surface area contributed by atoms with Crippen molar-refractivity contribution >= 4 is 0 Å². The van der Waals surface area contributed by atoms with Crippen molar-refractivity contribution in [2.75, 3.05) is 6.54 Å². The summed E-state index contributed by atoms with van der Waals surface area (Å²) in [5.41, 5.74) is 3.33. The van der Waals surface area contributed by atoms with E-state index in [0.717, 1.165) is 24.9 Å². The number of fused-ring (bicyclic) bond motifs is 1. The highest BCUT2D eigenvalue weighted by atomic mass is 19.1. The Hall–Kier alpha value is -0.890. The maximum Gasteiger partial charge on any atom is 0.126 e. The van der Waals surface area contributed by atoms with Crippen LogP contribution in [0.25, 0.3) is 0 Å². The second-order valence-corrected chi connectivity index (χ2v) is 3.92. The normalized spacial score (nSPS) is 20.6. The minimum atomic E-state index is -0.0365. The Morgan fingerprint density at radius 1 is 1.50 bits per heavy atom. The molecule has 0 bridgehead atoms. The fourth-order valence-electron chi connectivity index (χ4n) is 2.32. The van der Waals surface area contributed by atoms with Gasteiger partial charge in [-0.3, -0.25) is 0 Å².